The van der Waals surface area contributed by atoms with Gasteiger partial charge >= 0.3 is 5.97 Å². The molecule has 0 atom stereocenters. The van der Waals surface area contributed by atoms with Gasteiger partial charge in [-0.15, -0.1) is 0 Å². The molecule has 0 N–H and O–H groups in total. The van der Waals surface area contributed by atoms with Gasteiger partial charge in [0.25, 0.3) is 0 Å². The minimum absolute atomic E-state index is 0.200. The zero-order valence-electron chi connectivity index (χ0n) is 19.8. The summed E-state index contributed by atoms with van der Waals surface area (Å²) in [6, 6.07) is 13.1. The molecule has 4 nitrogen and oxygen atoms in total. The molecule has 3 aromatic rings. The predicted molar refractivity (Wildman–Crippen MR) is 127 cm³/mol. The first kappa shape index (κ1) is 24.2. The highest BCUT2D eigenvalue weighted by Crippen LogP contribution is 2.39. The minimum atomic E-state index is -0.444. The minimum Gasteiger partial charge on any atom is -0.482 e. The van der Waals surface area contributed by atoms with E-state index >= 15 is 0 Å². The predicted octanol–water partition coefficient (Wildman–Crippen LogP) is 6.66. The average Bonchev–Trinajstić information content (AvgIpc) is 2.74. The van der Waals surface area contributed by atoms with E-state index in [1.807, 2.05) is 37.9 Å². The Hall–Kier alpha value is -3.41. The third-order valence-electron chi connectivity index (χ3n) is 5.47. The number of carbonyl (C=O) groups excluding carboxylic acids is 1. The van der Waals surface area contributed by atoms with Crippen LogP contribution in [0.15, 0.2) is 48.5 Å². The van der Waals surface area contributed by atoms with Crippen molar-refractivity contribution in [2.75, 3.05) is 18.6 Å². The van der Waals surface area contributed by atoms with Crippen LogP contribution in [0.4, 0.5) is 20.2 Å². The molecule has 0 spiro atoms. The number of halogens is 2. The number of carbonyl (C=O) groups is 1. The second kappa shape index (κ2) is 10.0. The van der Waals surface area contributed by atoms with E-state index in [-0.39, 0.29) is 24.3 Å². The molecule has 3 aromatic carbocycles. The normalized spacial score (nSPS) is 10.9. The molecule has 174 valence electrons. The first-order valence-electron chi connectivity index (χ1n) is 10.8. The Balaban J connectivity index is 1.99. The van der Waals surface area contributed by atoms with Gasteiger partial charge in [-0.05, 0) is 81.6 Å². The van der Waals surface area contributed by atoms with Gasteiger partial charge in [0.05, 0.1) is 11.8 Å². The third-order valence-corrected chi connectivity index (χ3v) is 5.47. The van der Waals surface area contributed by atoms with Crippen molar-refractivity contribution in [1.29, 1.82) is 0 Å². The fraction of sp³-hybridized carbons (Fsp3) is 0.296. The van der Waals surface area contributed by atoms with Crippen molar-refractivity contribution in [3.63, 3.8) is 0 Å². The van der Waals surface area contributed by atoms with E-state index in [4.69, 9.17) is 9.47 Å². The van der Waals surface area contributed by atoms with Crippen LogP contribution in [0.3, 0.4) is 0 Å². The topological polar surface area (TPSA) is 38.8 Å². The lowest BCUT2D eigenvalue weighted by Crippen LogP contribution is -2.20. The maximum absolute atomic E-state index is 14.9. The number of benzene rings is 3. The number of anilines is 2. The number of ether oxygens (including phenoxy) is 2. The molecule has 6 heteroatoms. The molecule has 33 heavy (non-hydrogen) atoms. The van der Waals surface area contributed by atoms with Crippen LogP contribution in [-0.4, -0.2) is 25.7 Å². The Morgan fingerprint density at radius 3 is 2.36 bits per heavy atom. The molecule has 0 heterocycles. The quantitative estimate of drug-likeness (QED) is 0.375. The van der Waals surface area contributed by atoms with E-state index in [2.05, 4.69) is 0 Å². The van der Waals surface area contributed by atoms with E-state index in [1.54, 1.807) is 39.0 Å². The molecule has 0 radical (unpaired) electrons. The molecule has 0 aliphatic rings. The standard InChI is InChI=1S/C27H29F2NO3/c1-16(2)33-26(31)15-32-25-11-10-17(3)27(19(25)5)30(6)24-14-21(13-23(29)18(24)4)20-8-7-9-22(28)12-20/h7-14,16H,15H2,1-6H3. The van der Waals surface area contributed by atoms with Crippen LogP contribution < -0.4 is 9.64 Å². The second-order valence-corrected chi connectivity index (χ2v) is 8.35. The summed E-state index contributed by atoms with van der Waals surface area (Å²) in [4.78, 5) is 13.8. The molecule has 0 aromatic heterocycles. The van der Waals surface area contributed by atoms with Crippen molar-refractivity contribution in [2.24, 2.45) is 0 Å². The van der Waals surface area contributed by atoms with Crippen molar-refractivity contribution >= 4 is 17.3 Å². The van der Waals surface area contributed by atoms with Crippen LogP contribution >= 0.6 is 0 Å². The number of rotatable bonds is 7. The molecule has 0 fully saturated rings. The molecule has 3 rings (SSSR count). The molecule has 0 aliphatic carbocycles. The van der Waals surface area contributed by atoms with Crippen molar-refractivity contribution in [1.82, 2.24) is 0 Å². The number of hydrogen-bond acceptors (Lipinski definition) is 4. The van der Waals surface area contributed by atoms with Gasteiger partial charge in [-0.1, -0.05) is 18.2 Å². The molecular formula is C27H29F2NO3. The van der Waals surface area contributed by atoms with Gasteiger partial charge in [-0.2, -0.15) is 0 Å². The fourth-order valence-electron chi connectivity index (χ4n) is 3.89. The SMILES string of the molecule is Cc1ccc(OCC(=O)OC(C)C)c(C)c1N(C)c1cc(-c2cccc(F)c2)cc(F)c1C. The zero-order valence-corrected chi connectivity index (χ0v) is 19.8. The van der Waals surface area contributed by atoms with Crippen molar-refractivity contribution in [2.45, 2.75) is 40.7 Å². The van der Waals surface area contributed by atoms with Gasteiger partial charge in [0, 0.05) is 23.9 Å². The van der Waals surface area contributed by atoms with Crippen LogP contribution in [0.25, 0.3) is 11.1 Å². The van der Waals surface area contributed by atoms with Gasteiger partial charge in [0.1, 0.15) is 17.4 Å². The highest BCUT2D eigenvalue weighted by Gasteiger charge is 2.19. The molecular weight excluding hydrogens is 424 g/mol. The summed E-state index contributed by atoms with van der Waals surface area (Å²) in [5, 5.41) is 0. The first-order chi connectivity index (χ1) is 15.6. The molecule has 0 bridgehead atoms. The summed E-state index contributed by atoms with van der Waals surface area (Å²) >= 11 is 0. The Morgan fingerprint density at radius 1 is 0.970 bits per heavy atom. The maximum Gasteiger partial charge on any atom is 0.344 e. The lowest BCUT2D eigenvalue weighted by molar-refractivity contribution is -0.149. The van der Waals surface area contributed by atoms with Crippen LogP contribution in [0.5, 0.6) is 5.75 Å². The molecule has 0 saturated carbocycles. The second-order valence-electron chi connectivity index (χ2n) is 8.35. The highest BCUT2D eigenvalue weighted by molar-refractivity contribution is 5.78. The number of esters is 1. The smallest absolute Gasteiger partial charge is 0.344 e. The molecule has 0 amide bonds. The van der Waals surface area contributed by atoms with E-state index < -0.39 is 5.97 Å². The van der Waals surface area contributed by atoms with Crippen LogP contribution in [0.1, 0.15) is 30.5 Å². The summed E-state index contributed by atoms with van der Waals surface area (Å²) in [5.74, 6) is -0.656. The van der Waals surface area contributed by atoms with E-state index in [1.165, 1.54) is 18.2 Å². The largest absolute Gasteiger partial charge is 0.482 e. The average molecular weight is 454 g/mol. The van der Waals surface area contributed by atoms with Crippen molar-refractivity contribution < 1.29 is 23.0 Å². The monoisotopic (exact) mass is 453 g/mol. The van der Waals surface area contributed by atoms with Crippen LogP contribution in [0, 0.1) is 32.4 Å². The van der Waals surface area contributed by atoms with Gasteiger partial charge in [-0.3, -0.25) is 0 Å². The van der Waals surface area contributed by atoms with Crippen LogP contribution in [-0.2, 0) is 9.53 Å². The maximum atomic E-state index is 14.9. The Morgan fingerprint density at radius 2 is 1.70 bits per heavy atom. The number of hydrogen-bond donors (Lipinski definition) is 0. The Labute approximate surface area is 193 Å². The van der Waals surface area contributed by atoms with Crippen molar-refractivity contribution in [3.8, 4) is 16.9 Å². The zero-order chi connectivity index (χ0) is 24.3. The van der Waals surface area contributed by atoms with Crippen LogP contribution in [0.2, 0.25) is 0 Å². The summed E-state index contributed by atoms with van der Waals surface area (Å²) in [7, 11) is 1.85. The number of nitrogens with zero attached hydrogens (tertiary/aromatic N) is 1. The van der Waals surface area contributed by atoms with Gasteiger partial charge in [0.15, 0.2) is 6.61 Å². The van der Waals surface area contributed by atoms with Gasteiger partial charge in [-0.25, -0.2) is 13.6 Å². The third kappa shape index (κ3) is 5.51. The Kier molecular flexibility index (Phi) is 7.36. The summed E-state index contributed by atoms with van der Waals surface area (Å²) in [6.07, 6.45) is -0.217. The lowest BCUT2D eigenvalue weighted by Gasteiger charge is -2.27. The van der Waals surface area contributed by atoms with E-state index in [9.17, 15) is 13.6 Å². The van der Waals surface area contributed by atoms with E-state index in [0.29, 0.717) is 28.1 Å². The van der Waals surface area contributed by atoms with Crippen molar-refractivity contribution in [3.05, 3.63) is 76.9 Å². The summed E-state index contributed by atoms with van der Waals surface area (Å²) in [6.45, 7) is 8.92. The highest BCUT2D eigenvalue weighted by atomic mass is 19.1. The molecule has 0 saturated heterocycles. The van der Waals surface area contributed by atoms with E-state index in [0.717, 1.165) is 16.8 Å². The number of aryl methyl sites for hydroxylation is 1. The van der Waals surface area contributed by atoms with Gasteiger partial charge < -0.3 is 14.4 Å². The first-order valence-corrected chi connectivity index (χ1v) is 10.8. The lowest BCUT2D eigenvalue weighted by atomic mass is 10.00. The fourth-order valence-corrected chi connectivity index (χ4v) is 3.89. The summed E-state index contributed by atoms with van der Waals surface area (Å²) < 4.78 is 39.5. The molecule has 0 aliphatic heterocycles. The Bertz CT molecular complexity index is 1170. The summed E-state index contributed by atoms with van der Waals surface area (Å²) in [5.41, 5.74) is 4.91. The molecule has 0 unspecified atom stereocenters. The van der Waals surface area contributed by atoms with Gasteiger partial charge in [0.2, 0.25) is 0 Å².